The van der Waals surface area contributed by atoms with E-state index in [0.717, 1.165) is 41.5 Å². The Morgan fingerprint density at radius 1 is 1.08 bits per heavy atom. The average Bonchev–Trinajstić information content (AvgIpc) is 2.72. The lowest BCUT2D eigenvalue weighted by Crippen LogP contribution is -2.24. The fraction of sp³-hybridized carbons (Fsp3) is 0.238. The van der Waals surface area contributed by atoms with Gasteiger partial charge >= 0.3 is 0 Å². The first-order chi connectivity index (χ1) is 11.6. The second kappa shape index (κ2) is 6.12. The van der Waals surface area contributed by atoms with Gasteiger partial charge in [-0.2, -0.15) is 0 Å². The summed E-state index contributed by atoms with van der Waals surface area (Å²) in [7, 11) is 2.17. The van der Waals surface area contributed by atoms with Crippen LogP contribution in [-0.2, 0) is 0 Å². The quantitative estimate of drug-likeness (QED) is 0.738. The van der Waals surface area contributed by atoms with Crippen molar-refractivity contribution < 1.29 is 0 Å². The second-order valence-electron chi connectivity index (χ2n) is 6.71. The van der Waals surface area contributed by atoms with Crippen LogP contribution < -0.4 is 5.32 Å². The Morgan fingerprint density at radius 3 is 2.71 bits per heavy atom. The zero-order valence-corrected chi connectivity index (χ0v) is 14.8. The van der Waals surface area contributed by atoms with Crippen molar-refractivity contribution in [2.24, 2.45) is 0 Å². The van der Waals surface area contributed by atoms with Crippen molar-refractivity contribution in [2.75, 3.05) is 25.5 Å². The van der Waals surface area contributed by atoms with Crippen LogP contribution in [-0.4, -0.2) is 25.0 Å². The van der Waals surface area contributed by atoms with E-state index in [0.29, 0.717) is 0 Å². The van der Waals surface area contributed by atoms with E-state index < -0.39 is 0 Å². The van der Waals surface area contributed by atoms with E-state index in [2.05, 4.69) is 60.6 Å². The Bertz CT molecular complexity index is 864. The summed E-state index contributed by atoms with van der Waals surface area (Å²) in [5, 5.41) is 4.36. The Labute approximate surface area is 148 Å². The van der Waals surface area contributed by atoms with Gasteiger partial charge in [0.15, 0.2) is 0 Å². The summed E-state index contributed by atoms with van der Waals surface area (Å²) in [5.41, 5.74) is 8.70. The standard InChI is InChI=1S/C21H21ClN2/c1-14-3-5-21-19(11-14)18(15-7-9-24(2)10-8-15)13-16-12-17(22)4-6-20(16)23-21/h3-7,11-13,23H,8-10H2,1-2H3. The number of hydrogen-bond acceptors (Lipinski definition) is 2. The van der Waals surface area contributed by atoms with Gasteiger partial charge in [-0.05, 0) is 67.9 Å². The fourth-order valence-electron chi connectivity index (χ4n) is 3.42. The van der Waals surface area contributed by atoms with Crippen LogP contribution in [0.5, 0.6) is 0 Å². The zero-order chi connectivity index (χ0) is 16.7. The molecule has 2 aliphatic rings. The number of aryl methyl sites for hydroxylation is 1. The topological polar surface area (TPSA) is 15.3 Å². The number of likely N-dealkylation sites (N-methyl/N-ethyl adjacent to an activating group) is 1. The fourth-order valence-corrected chi connectivity index (χ4v) is 3.60. The summed E-state index contributed by atoms with van der Waals surface area (Å²) < 4.78 is 0. The number of fused-ring (bicyclic) bond motifs is 2. The van der Waals surface area contributed by atoms with Gasteiger partial charge in [0.2, 0.25) is 0 Å². The number of nitrogens with zero attached hydrogens (tertiary/aromatic N) is 1. The molecule has 0 aromatic heterocycles. The molecule has 0 atom stereocenters. The molecule has 2 aromatic carbocycles. The predicted molar refractivity (Wildman–Crippen MR) is 104 cm³/mol. The van der Waals surface area contributed by atoms with Crippen molar-refractivity contribution in [2.45, 2.75) is 13.3 Å². The van der Waals surface area contributed by atoms with Crippen LogP contribution in [0.1, 0.15) is 23.1 Å². The molecule has 0 bridgehead atoms. The van der Waals surface area contributed by atoms with E-state index in [-0.39, 0.29) is 0 Å². The van der Waals surface area contributed by atoms with Gasteiger partial charge in [-0.25, -0.2) is 0 Å². The molecule has 0 unspecified atom stereocenters. The van der Waals surface area contributed by atoms with Crippen molar-refractivity contribution in [3.05, 3.63) is 69.8 Å². The van der Waals surface area contributed by atoms with Crippen molar-refractivity contribution in [3.8, 4) is 0 Å². The molecular weight excluding hydrogens is 316 g/mol. The molecule has 0 fully saturated rings. The van der Waals surface area contributed by atoms with Gasteiger partial charge in [0, 0.05) is 40.6 Å². The maximum Gasteiger partial charge on any atom is 0.0464 e. The van der Waals surface area contributed by atoms with Crippen LogP contribution in [0, 0.1) is 6.92 Å². The minimum Gasteiger partial charge on any atom is -0.355 e. The van der Waals surface area contributed by atoms with Crippen molar-refractivity contribution in [1.29, 1.82) is 0 Å². The molecule has 0 aliphatic carbocycles. The largest absolute Gasteiger partial charge is 0.355 e. The Morgan fingerprint density at radius 2 is 1.92 bits per heavy atom. The van der Waals surface area contributed by atoms with Gasteiger partial charge in [-0.3, -0.25) is 0 Å². The number of halogens is 1. The number of rotatable bonds is 1. The predicted octanol–water partition coefficient (Wildman–Crippen LogP) is 5.51. The molecule has 0 spiro atoms. The van der Waals surface area contributed by atoms with Gasteiger partial charge in [-0.1, -0.05) is 29.3 Å². The highest BCUT2D eigenvalue weighted by Crippen LogP contribution is 2.40. The van der Waals surface area contributed by atoms with Gasteiger partial charge < -0.3 is 10.2 Å². The van der Waals surface area contributed by atoms with E-state index >= 15 is 0 Å². The van der Waals surface area contributed by atoms with Crippen LogP contribution in [0.3, 0.4) is 0 Å². The van der Waals surface area contributed by atoms with Gasteiger partial charge in [0.1, 0.15) is 0 Å². The summed E-state index contributed by atoms with van der Waals surface area (Å²) in [4.78, 5) is 2.35. The molecule has 0 radical (unpaired) electrons. The van der Waals surface area contributed by atoms with Crippen molar-refractivity contribution in [1.82, 2.24) is 4.90 Å². The van der Waals surface area contributed by atoms with Crippen LogP contribution >= 0.6 is 11.6 Å². The molecule has 0 saturated heterocycles. The summed E-state index contributed by atoms with van der Waals surface area (Å²) in [5.74, 6) is 0. The lowest BCUT2D eigenvalue weighted by molar-refractivity contribution is 0.362. The van der Waals surface area contributed by atoms with Crippen LogP contribution in [0.25, 0.3) is 11.6 Å². The SMILES string of the molecule is Cc1ccc2c(c1)C(C1=CCN(C)CC1)=Cc1cc(Cl)ccc1N2. The zero-order valence-electron chi connectivity index (χ0n) is 14.1. The molecule has 3 heteroatoms. The summed E-state index contributed by atoms with van der Waals surface area (Å²) in [6.07, 6.45) is 5.72. The highest BCUT2D eigenvalue weighted by atomic mass is 35.5. The molecule has 4 rings (SSSR count). The minimum atomic E-state index is 0.769. The third kappa shape index (κ3) is 2.88. The van der Waals surface area contributed by atoms with E-state index in [9.17, 15) is 0 Å². The summed E-state index contributed by atoms with van der Waals surface area (Å²) in [6.45, 7) is 4.25. The first kappa shape index (κ1) is 15.5. The van der Waals surface area contributed by atoms with Crippen molar-refractivity contribution in [3.63, 3.8) is 0 Å². The molecule has 24 heavy (non-hydrogen) atoms. The van der Waals surface area contributed by atoms with E-state index in [1.165, 1.54) is 22.3 Å². The van der Waals surface area contributed by atoms with Gasteiger partial charge in [0.25, 0.3) is 0 Å². The first-order valence-corrected chi connectivity index (χ1v) is 8.75. The highest BCUT2D eigenvalue weighted by molar-refractivity contribution is 6.31. The number of nitrogens with one attached hydrogen (secondary N) is 1. The van der Waals surface area contributed by atoms with Gasteiger partial charge in [-0.15, -0.1) is 0 Å². The van der Waals surface area contributed by atoms with E-state index in [1.54, 1.807) is 0 Å². The van der Waals surface area contributed by atoms with E-state index in [4.69, 9.17) is 11.6 Å². The smallest absolute Gasteiger partial charge is 0.0464 e. The molecule has 0 saturated carbocycles. The minimum absolute atomic E-state index is 0.769. The van der Waals surface area contributed by atoms with Crippen LogP contribution in [0.2, 0.25) is 5.02 Å². The third-order valence-corrected chi connectivity index (χ3v) is 5.04. The molecule has 122 valence electrons. The summed E-state index contributed by atoms with van der Waals surface area (Å²) >= 11 is 6.24. The van der Waals surface area contributed by atoms with Crippen LogP contribution in [0.4, 0.5) is 11.4 Å². The lowest BCUT2D eigenvalue weighted by Gasteiger charge is -2.24. The summed E-state index contributed by atoms with van der Waals surface area (Å²) in [6, 6.07) is 12.7. The molecule has 1 N–H and O–H groups in total. The van der Waals surface area contributed by atoms with E-state index in [1.807, 2.05) is 12.1 Å². The Hall–Kier alpha value is -2.03. The highest BCUT2D eigenvalue weighted by Gasteiger charge is 2.20. The maximum absolute atomic E-state index is 6.24. The molecular formula is C21H21ClN2. The Balaban J connectivity index is 1.92. The van der Waals surface area contributed by atoms with Gasteiger partial charge in [0.05, 0.1) is 0 Å². The van der Waals surface area contributed by atoms with Crippen molar-refractivity contribution >= 4 is 34.6 Å². The molecule has 0 amide bonds. The monoisotopic (exact) mass is 336 g/mol. The number of hydrogen-bond donors (Lipinski definition) is 1. The number of allylic oxidation sites excluding steroid dienone is 1. The average molecular weight is 337 g/mol. The molecule has 2 nitrogen and oxygen atoms in total. The number of benzene rings is 2. The second-order valence-corrected chi connectivity index (χ2v) is 7.14. The molecule has 2 aromatic rings. The lowest BCUT2D eigenvalue weighted by atomic mass is 9.90. The third-order valence-electron chi connectivity index (χ3n) is 4.81. The first-order valence-electron chi connectivity index (χ1n) is 8.37. The van der Waals surface area contributed by atoms with Crippen LogP contribution in [0.15, 0.2) is 48.0 Å². The molecule has 2 aliphatic heterocycles. The Kier molecular flexibility index (Phi) is 3.95. The normalized spacial score (nSPS) is 17.1. The maximum atomic E-state index is 6.24. The molecule has 2 heterocycles. The number of anilines is 2.